The third kappa shape index (κ3) is 2.25. The highest BCUT2D eigenvalue weighted by atomic mass is 32.1. The van der Waals surface area contributed by atoms with Gasteiger partial charge in [0, 0.05) is 17.1 Å². The van der Waals surface area contributed by atoms with Crippen LogP contribution in [0.2, 0.25) is 0 Å². The summed E-state index contributed by atoms with van der Waals surface area (Å²) in [6.45, 7) is 0. The fraction of sp³-hybridized carbons (Fsp3) is 0.429. The monoisotopic (exact) mass is 244 g/mol. The van der Waals surface area contributed by atoms with Crippen LogP contribution in [-0.2, 0) is 12.8 Å². The van der Waals surface area contributed by atoms with E-state index in [-0.39, 0.29) is 0 Å². The lowest BCUT2D eigenvalue weighted by Gasteiger charge is -2.16. The Morgan fingerprint density at radius 2 is 1.94 bits per heavy atom. The largest absolute Gasteiger partial charge is 0.256 e. The van der Waals surface area contributed by atoms with E-state index in [9.17, 15) is 0 Å². The number of aromatic nitrogens is 2. The lowest BCUT2D eigenvalue weighted by atomic mass is 9.91. The minimum Gasteiger partial charge on any atom is -0.256 e. The maximum absolute atomic E-state index is 4.57. The Labute approximate surface area is 106 Å². The molecular weight excluding hydrogens is 228 g/mol. The molecule has 0 spiro atoms. The lowest BCUT2D eigenvalue weighted by Crippen LogP contribution is -2.03. The quantitative estimate of drug-likeness (QED) is 0.761. The summed E-state index contributed by atoms with van der Waals surface area (Å²) < 4.78 is 4.19. The SMILES string of the molecule is c1cc2c(c(-c3cnsc3)n1)CCCCCC2. The van der Waals surface area contributed by atoms with Gasteiger partial charge in [0.05, 0.1) is 11.9 Å². The van der Waals surface area contributed by atoms with Crippen molar-refractivity contribution in [1.29, 1.82) is 0 Å². The van der Waals surface area contributed by atoms with Gasteiger partial charge < -0.3 is 0 Å². The van der Waals surface area contributed by atoms with Gasteiger partial charge in [-0.2, -0.15) is 0 Å². The second-order valence-corrected chi connectivity index (χ2v) is 5.28. The molecule has 88 valence electrons. The molecule has 0 amide bonds. The summed E-state index contributed by atoms with van der Waals surface area (Å²) in [4.78, 5) is 4.57. The zero-order valence-electron chi connectivity index (χ0n) is 9.85. The van der Waals surface area contributed by atoms with E-state index in [0.717, 1.165) is 5.69 Å². The molecular formula is C14H16N2S. The Morgan fingerprint density at radius 1 is 1.06 bits per heavy atom. The molecule has 1 aliphatic rings. The van der Waals surface area contributed by atoms with Crippen LogP contribution in [0.4, 0.5) is 0 Å². The molecule has 0 N–H and O–H groups in total. The summed E-state index contributed by atoms with van der Waals surface area (Å²) in [5, 5.41) is 2.10. The van der Waals surface area contributed by atoms with Crippen molar-refractivity contribution in [3.05, 3.63) is 35.0 Å². The van der Waals surface area contributed by atoms with E-state index in [2.05, 4.69) is 20.8 Å². The summed E-state index contributed by atoms with van der Waals surface area (Å²) in [7, 11) is 0. The molecule has 1 aliphatic carbocycles. The summed E-state index contributed by atoms with van der Waals surface area (Å²) in [5.41, 5.74) is 5.32. The van der Waals surface area contributed by atoms with E-state index in [1.165, 1.54) is 66.7 Å². The molecule has 17 heavy (non-hydrogen) atoms. The second-order valence-electron chi connectivity index (χ2n) is 4.62. The van der Waals surface area contributed by atoms with E-state index in [0.29, 0.717) is 0 Å². The molecule has 0 fully saturated rings. The van der Waals surface area contributed by atoms with Crippen LogP contribution in [0.3, 0.4) is 0 Å². The Bertz CT molecular complexity index is 491. The van der Waals surface area contributed by atoms with E-state index >= 15 is 0 Å². The van der Waals surface area contributed by atoms with Crippen LogP contribution >= 0.6 is 11.5 Å². The maximum Gasteiger partial charge on any atom is 0.0761 e. The number of nitrogens with zero attached hydrogens (tertiary/aromatic N) is 2. The van der Waals surface area contributed by atoms with Gasteiger partial charge in [0.25, 0.3) is 0 Å². The number of hydrogen-bond donors (Lipinski definition) is 0. The Kier molecular flexibility index (Phi) is 3.18. The van der Waals surface area contributed by atoms with Gasteiger partial charge in [-0.05, 0) is 54.4 Å². The molecule has 0 atom stereocenters. The van der Waals surface area contributed by atoms with Crippen molar-refractivity contribution >= 4 is 11.5 Å². The van der Waals surface area contributed by atoms with Crippen molar-refractivity contribution in [1.82, 2.24) is 9.36 Å². The standard InChI is InChI=1S/C14H16N2S/c1-2-4-6-13-11(5-3-1)7-8-15-14(13)12-9-16-17-10-12/h7-10H,1-6H2. The highest BCUT2D eigenvalue weighted by molar-refractivity contribution is 7.03. The van der Waals surface area contributed by atoms with Crippen LogP contribution in [0, 0.1) is 0 Å². The molecule has 2 aromatic rings. The molecule has 0 bridgehead atoms. The number of pyridine rings is 1. The molecule has 2 aromatic heterocycles. The molecule has 2 nitrogen and oxygen atoms in total. The summed E-state index contributed by atoms with van der Waals surface area (Å²) in [5.74, 6) is 0. The predicted octanol–water partition coefficient (Wildman–Crippen LogP) is 3.86. The van der Waals surface area contributed by atoms with E-state index in [1.54, 1.807) is 0 Å². The van der Waals surface area contributed by atoms with E-state index in [4.69, 9.17) is 0 Å². The van der Waals surface area contributed by atoms with Gasteiger partial charge in [-0.3, -0.25) is 4.98 Å². The first-order valence-electron chi connectivity index (χ1n) is 6.31. The maximum atomic E-state index is 4.57. The first-order valence-corrected chi connectivity index (χ1v) is 7.15. The van der Waals surface area contributed by atoms with Crippen molar-refractivity contribution in [2.45, 2.75) is 38.5 Å². The molecule has 2 heterocycles. The van der Waals surface area contributed by atoms with Gasteiger partial charge >= 0.3 is 0 Å². The smallest absolute Gasteiger partial charge is 0.0761 e. The van der Waals surface area contributed by atoms with Crippen molar-refractivity contribution in [2.75, 3.05) is 0 Å². The Balaban J connectivity index is 2.07. The average Bonchev–Trinajstić information content (AvgIpc) is 2.82. The summed E-state index contributed by atoms with van der Waals surface area (Å²) in [6, 6.07) is 2.20. The first kappa shape index (κ1) is 10.9. The van der Waals surface area contributed by atoms with Gasteiger partial charge in [-0.1, -0.05) is 12.8 Å². The van der Waals surface area contributed by atoms with Gasteiger partial charge in [-0.15, -0.1) is 0 Å². The normalized spacial score (nSPS) is 16.0. The van der Waals surface area contributed by atoms with Crippen molar-refractivity contribution < 1.29 is 0 Å². The lowest BCUT2D eigenvalue weighted by molar-refractivity contribution is 0.616. The fourth-order valence-electron chi connectivity index (χ4n) is 2.59. The molecule has 0 saturated carbocycles. The number of aryl methyl sites for hydroxylation is 1. The van der Waals surface area contributed by atoms with Gasteiger partial charge in [0.2, 0.25) is 0 Å². The van der Waals surface area contributed by atoms with Gasteiger partial charge in [0.15, 0.2) is 0 Å². The van der Waals surface area contributed by atoms with E-state index < -0.39 is 0 Å². The van der Waals surface area contributed by atoms with Crippen LogP contribution in [-0.4, -0.2) is 9.36 Å². The van der Waals surface area contributed by atoms with Crippen LogP contribution in [0.15, 0.2) is 23.8 Å². The molecule has 3 rings (SSSR count). The molecule has 0 aliphatic heterocycles. The second kappa shape index (κ2) is 4.96. The predicted molar refractivity (Wildman–Crippen MR) is 71.2 cm³/mol. The molecule has 3 heteroatoms. The van der Waals surface area contributed by atoms with Crippen molar-refractivity contribution in [3.63, 3.8) is 0 Å². The minimum absolute atomic E-state index is 1.16. The Morgan fingerprint density at radius 3 is 2.76 bits per heavy atom. The van der Waals surface area contributed by atoms with Crippen molar-refractivity contribution in [3.8, 4) is 11.3 Å². The van der Waals surface area contributed by atoms with Crippen molar-refractivity contribution in [2.24, 2.45) is 0 Å². The first-order chi connectivity index (χ1) is 8.45. The fourth-order valence-corrected chi connectivity index (χ4v) is 3.11. The molecule has 0 aromatic carbocycles. The zero-order valence-corrected chi connectivity index (χ0v) is 10.7. The molecule has 0 saturated heterocycles. The number of rotatable bonds is 1. The molecule has 0 unspecified atom stereocenters. The third-order valence-electron chi connectivity index (χ3n) is 3.48. The highest BCUT2D eigenvalue weighted by Crippen LogP contribution is 2.29. The van der Waals surface area contributed by atoms with Crippen LogP contribution in [0.25, 0.3) is 11.3 Å². The van der Waals surface area contributed by atoms with Crippen LogP contribution in [0.1, 0.15) is 36.8 Å². The minimum atomic E-state index is 1.16. The topological polar surface area (TPSA) is 25.8 Å². The molecule has 0 radical (unpaired) electrons. The average molecular weight is 244 g/mol. The number of fused-ring (bicyclic) bond motifs is 1. The van der Waals surface area contributed by atoms with E-state index in [1.807, 2.05) is 12.4 Å². The van der Waals surface area contributed by atoms with Gasteiger partial charge in [0.1, 0.15) is 0 Å². The summed E-state index contributed by atoms with van der Waals surface area (Å²) in [6.07, 6.45) is 11.6. The van der Waals surface area contributed by atoms with Crippen LogP contribution in [0.5, 0.6) is 0 Å². The Hall–Kier alpha value is -1.22. The number of hydrogen-bond acceptors (Lipinski definition) is 3. The van der Waals surface area contributed by atoms with Crippen LogP contribution < -0.4 is 0 Å². The van der Waals surface area contributed by atoms with Gasteiger partial charge in [-0.25, -0.2) is 4.37 Å². The zero-order chi connectivity index (χ0) is 11.5. The third-order valence-corrected chi connectivity index (χ3v) is 4.07. The summed E-state index contributed by atoms with van der Waals surface area (Å²) >= 11 is 1.50. The highest BCUT2D eigenvalue weighted by Gasteiger charge is 2.13.